The average molecular weight is 171 g/mol. The zero-order valence-corrected chi connectivity index (χ0v) is 7.71. The molecule has 0 aliphatic heterocycles. The lowest BCUT2D eigenvalue weighted by atomic mass is 9.96. The van der Waals surface area contributed by atoms with Gasteiger partial charge in [-0.15, -0.1) is 6.58 Å². The van der Waals surface area contributed by atoms with Gasteiger partial charge in [0.2, 0.25) is 5.91 Å². The van der Waals surface area contributed by atoms with Crippen molar-refractivity contribution >= 4 is 5.91 Å². The smallest absolute Gasteiger partial charge is 0.225 e. The number of hydrogen-bond donors (Lipinski definition) is 2. The van der Waals surface area contributed by atoms with Crippen molar-refractivity contribution in [1.29, 1.82) is 0 Å². The minimum Gasteiger partial charge on any atom is -0.396 e. The zero-order valence-electron chi connectivity index (χ0n) is 7.71. The Hall–Kier alpha value is -0.830. The van der Waals surface area contributed by atoms with Crippen molar-refractivity contribution in [2.45, 2.75) is 13.8 Å². The third-order valence-electron chi connectivity index (χ3n) is 1.76. The van der Waals surface area contributed by atoms with E-state index in [4.69, 9.17) is 5.11 Å². The molecule has 70 valence electrons. The van der Waals surface area contributed by atoms with Gasteiger partial charge in [-0.3, -0.25) is 4.79 Å². The van der Waals surface area contributed by atoms with Crippen LogP contribution in [0.4, 0.5) is 0 Å². The van der Waals surface area contributed by atoms with Gasteiger partial charge in [0.1, 0.15) is 0 Å². The highest BCUT2D eigenvalue weighted by atomic mass is 16.3. The van der Waals surface area contributed by atoms with E-state index in [0.717, 1.165) is 0 Å². The van der Waals surface area contributed by atoms with Crippen LogP contribution in [-0.2, 0) is 4.79 Å². The number of carbonyl (C=O) groups is 1. The number of nitrogens with one attached hydrogen (secondary N) is 1. The molecule has 0 aliphatic rings. The van der Waals surface area contributed by atoms with Gasteiger partial charge in [0, 0.05) is 6.54 Å². The zero-order chi connectivity index (χ0) is 9.56. The van der Waals surface area contributed by atoms with E-state index < -0.39 is 0 Å². The Labute approximate surface area is 73.5 Å². The number of amides is 1. The normalized spacial score (nSPS) is 12.7. The molecule has 0 aromatic carbocycles. The molecule has 3 heteroatoms. The lowest BCUT2D eigenvalue weighted by molar-refractivity contribution is -0.127. The summed E-state index contributed by atoms with van der Waals surface area (Å²) in [6, 6.07) is 0. The number of carbonyl (C=O) groups excluding carboxylic acids is 1. The van der Waals surface area contributed by atoms with Crippen molar-refractivity contribution in [3.8, 4) is 0 Å². The van der Waals surface area contributed by atoms with Crippen molar-refractivity contribution in [3.05, 3.63) is 12.7 Å². The fourth-order valence-electron chi connectivity index (χ4n) is 0.900. The number of aliphatic hydroxyl groups is 1. The maximum Gasteiger partial charge on any atom is 0.225 e. The highest BCUT2D eigenvalue weighted by Gasteiger charge is 2.19. The quantitative estimate of drug-likeness (QED) is 0.594. The third kappa shape index (κ3) is 3.53. The van der Waals surface area contributed by atoms with Crippen LogP contribution in [0.1, 0.15) is 13.8 Å². The van der Waals surface area contributed by atoms with E-state index >= 15 is 0 Å². The molecule has 2 N–H and O–H groups in total. The summed E-state index contributed by atoms with van der Waals surface area (Å²) in [6.45, 7) is 7.67. The first-order chi connectivity index (χ1) is 5.63. The van der Waals surface area contributed by atoms with Crippen LogP contribution < -0.4 is 5.32 Å². The molecule has 0 aromatic rings. The van der Waals surface area contributed by atoms with E-state index in [9.17, 15) is 4.79 Å². The Bertz CT molecular complexity index is 155. The average Bonchev–Trinajstić information content (AvgIpc) is 2.01. The SMILES string of the molecule is C=CCNC(=O)C(CO)C(C)C. The molecule has 0 saturated carbocycles. The number of rotatable bonds is 5. The van der Waals surface area contributed by atoms with E-state index in [0.29, 0.717) is 6.54 Å². The van der Waals surface area contributed by atoms with Gasteiger partial charge in [-0.2, -0.15) is 0 Å². The van der Waals surface area contributed by atoms with Crippen molar-refractivity contribution in [2.75, 3.05) is 13.2 Å². The standard InChI is InChI=1S/C9H17NO2/c1-4-5-10-9(12)8(6-11)7(2)3/h4,7-8,11H,1,5-6H2,2-3H3,(H,10,12). The van der Waals surface area contributed by atoms with Gasteiger partial charge in [0.05, 0.1) is 12.5 Å². The lowest BCUT2D eigenvalue weighted by Gasteiger charge is -2.16. The molecule has 0 fully saturated rings. The van der Waals surface area contributed by atoms with Crippen LogP contribution in [-0.4, -0.2) is 24.2 Å². The first-order valence-electron chi connectivity index (χ1n) is 4.13. The molecule has 3 nitrogen and oxygen atoms in total. The summed E-state index contributed by atoms with van der Waals surface area (Å²) in [6.07, 6.45) is 1.62. The predicted molar refractivity (Wildman–Crippen MR) is 48.6 cm³/mol. The summed E-state index contributed by atoms with van der Waals surface area (Å²) in [4.78, 5) is 11.3. The molecular formula is C9H17NO2. The molecule has 0 saturated heterocycles. The maximum atomic E-state index is 11.3. The highest BCUT2D eigenvalue weighted by Crippen LogP contribution is 2.09. The van der Waals surface area contributed by atoms with E-state index in [1.165, 1.54) is 0 Å². The van der Waals surface area contributed by atoms with Gasteiger partial charge in [-0.05, 0) is 5.92 Å². The van der Waals surface area contributed by atoms with E-state index in [-0.39, 0.29) is 24.3 Å². The van der Waals surface area contributed by atoms with Gasteiger partial charge in [0.25, 0.3) is 0 Å². The summed E-state index contributed by atoms with van der Waals surface area (Å²) in [5.74, 6) is -0.239. The van der Waals surface area contributed by atoms with Gasteiger partial charge in [0.15, 0.2) is 0 Å². The molecule has 12 heavy (non-hydrogen) atoms. The molecule has 1 atom stereocenters. The fraction of sp³-hybridized carbons (Fsp3) is 0.667. The Morgan fingerprint density at radius 1 is 1.67 bits per heavy atom. The second-order valence-corrected chi connectivity index (χ2v) is 3.07. The molecule has 0 aliphatic carbocycles. The Balaban J connectivity index is 3.94. The molecule has 0 radical (unpaired) electrons. The number of aliphatic hydroxyl groups excluding tert-OH is 1. The highest BCUT2D eigenvalue weighted by molar-refractivity contribution is 5.79. The van der Waals surface area contributed by atoms with Crippen LogP contribution in [0.5, 0.6) is 0 Å². The van der Waals surface area contributed by atoms with E-state index in [1.807, 2.05) is 13.8 Å². The van der Waals surface area contributed by atoms with Crippen LogP contribution in [0.25, 0.3) is 0 Å². The summed E-state index contributed by atoms with van der Waals surface area (Å²) in [7, 11) is 0. The van der Waals surface area contributed by atoms with Gasteiger partial charge >= 0.3 is 0 Å². The molecular weight excluding hydrogens is 154 g/mol. The fourth-order valence-corrected chi connectivity index (χ4v) is 0.900. The van der Waals surface area contributed by atoms with Gasteiger partial charge < -0.3 is 10.4 Å². The van der Waals surface area contributed by atoms with Crippen LogP contribution in [0.3, 0.4) is 0 Å². The predicted octanol–water partition coefficient (Wildman–Crippen LogP) is 0.553. The Morgan fingerprint density at radius 3 is 2.58 bits per heavy atom. The van der Waals surface area contributed by atoms with Crippen molar-refractivity contribution in [3.63, 3.8) is 0 Å². The summed E-state index contributed by atoms with van der Waals surface area (Å²) in [5.41, 5.74) is 0. The van der Waals surface area contributed by atoms with Gasteiger partial charge in [-0.1, -0.05) is 19.9 Å². The first kappa shape index (κ1) is 11.2. The molecule has 0 spiro atoms. The lowest BCUT2D eigenvalue weighted by Crippen LogP contribution is -2.35. The molecule has 1 unspecified atom stereocenters. The summed E-state index contributed by atoms with van der Waals surface area (Å²) >= 11 is 0. The van der Waals surface area contributed by atoms with E-state index in [2.05, 4.69) is 11.9 Å². The molecule has 0 heterocycles. The maximum absolute atomic E-state index is 11.3. The van der Waals surface area contributed by atoms with Crippen LogP contribution >= 0.6 is 0 Å². The minimum atomic E-state index is -0.301. The van der Waals surface area contributed by atoms with Crippen LogP contribution in [0.15, 0.2) is 12.7 Å². The van der Waals surface area contributed by atoms with Crippen molar-refractivity contribution in [2.24, 2.45) is 11.8 Å². The summed E-state index contributed by atoms with van der Waals surface area (Å²) < 4.78 is 0. The van der Waals surface area contributed by atoms with Crippen LogP contribution in [0, 0.1) is 11.8 Å². The number of hydrogen-bond acceptors (Lipinski definition) is 2. The van der Waals surface area contributed by atoms with Crippen LogP contribution in [0.2, 0.25) is 0 Å². The van der Waals surface area contributed by atoms with E-state index in [1.54, 1.807) is 6.08 Å². The molecule has 1 amide bonds. The van der Waals surface area contributed by atoms with Crippen molar-refractivity contribution in [1.82, 2.24) is 5.32 Å². The molecule has 0 bridgehead atoms. The molecule has 0 aromatic heterocycles. The Morgan fingerprint density at radius 2 is 2.25 bits per heavy atom. The molecule has 0 rings (SSSR count). The van der Waals surface area contributed by atoms with Gasteiger partial charge in [-0.25, -0.2) is 0 Å². The first-order valence-corrected chi connectivity index (χ1v) is 4.13. The summed E-state index contributed by atoms with van der Waals surface area (Å²) in [5, 5.41) is 11.5. The monoisotopic (exact) mass is 171 g/mol. The third-order valence-corrected chi connectivity index (χ3v) is 1.76. The van der Waals surface area contributed by atoms with Crippen molar-refractivity contribution < 1.29 is 9.90 Å². The Kier molecular flexibility index (Phi) is 5.37. The minimum absolute atomic E-state index is 0.0966. The largest absolute Gasteiger partial charge is 0.396 e. The second kappa shape index (κ2) is 5.77. The second-order valence-electron chi connectivity index (χ2n) is 3.07. The topological polar surface area (TPSA) is 49.3 Å².